The van der Waals surface area contributed by atoms with Crippen LogP contribution in [-0.2, 0) is 35.5 Å². The average molecular weight is 507 g/mol. The number of pyridine rings is 1. The maximum Gasteiger partial charge on any atom is 0.414 e. The molecule has 2 aliphatic rings. The maximum absolute atomic E-state index is 12.6. The van der Waals surface area contributed by atoms with Gasteiger partial charge in [-0.05, 0) is 50.9 Å². The molecule has 0 saturated carbocycles. The lowest BCUT2D eigenvalue weighted by Gasteiger charge is -2.34. The van der Waals surface area contributed by atoms with Crippen molar-refractivity contribution in [1.82, 2.24) is 19.0 Å². The molecule has 196 valence electrons. The number of nitrogens with two attached hydrogens (primary N) is 1. The van der Waals surface area contributed by atoms with E-state index in [9.17, 15) is 14.4 Å². The number of likely N-dealkylation sites (tertiary alicyclic amines) is 1. The highest BCUT2D eigenvalue weighted by atomic mass is 16.5. The zero-order chi connectivity index (χ0) is 26.1. The number of amides is 2. The third-order valence-corrected chi connectivity index (χ3v) is 7.75. The summed E-state index contributed by atoms with van der Waals surface area (Å²) in [5.74, 6) is 0.566. The summed E-state index contributed by atoms with van der Waals surface area (Å²) in [5.41, 5.74) is 9.29. The molecule has 2 aliphatic heterocycles. The van der Waals surface area contributed by atoms with E-state index >= 15 is 0 Å². The van der Waals surface area contributed by atoms with Crippen molar-refractivity contribution in [3.8, 4) is 0 Å². The number of ether oxygens (including phenoxy) is 1. The highest BCUT2D eigenvalue weighted by molar-refractivity contribution is 5.95. The molecule has 0 unspecified atom stereocenters. The molecule has 0 bridgehead atoms. The number of nitrogens with zero attached hydrogens (tertiary/aromatic N) is 5. The first-order valence-corrected chi connectivity index (χ1v) is 12.9. The lowest BCUT2D eigenvalue weighted by atomic mass is 9.96. The molecular weight excluding hydrogens is 472 g/mol. The number of primary amides is 1. The fourth-order valence-corrected chi connectivity index (χ4v) is 5.67. The monoisotopic (exact) mass is 506 g/mol. The lowest BCUT2D eigenvalue weighted by molar-refractivity contribution is -0.121. The van der Waals surface area contributed by atoms with Gasteiger partial charge < -0.3 is 24.5 Å². The van der Waals surface area contributed by atoms with Gasteiger partial charge in [-0.15, -0.1) is 0 Å². The Kier molecular flexibility index (Phi) is 7.01. The second kappa shape index (κ2) is 10.4. The van der Waals surface area contributed by atoms with Crippen molar-refractivity contribution in [3.05, 3.63) is 58.3 Å². The van der Waals surface area contributed by atoms with Gasteiger partial charge >= 0.3 is 6.09 Å². The molecule has 10 heteroatoms. The minimum absolute atomic E-state index is 0.0391. The van der Waals surface area contributed by atoms with Gasteiger partial charge in [-0.3, -0.25) is 14.5 Å². The van der Waals surface area contributed by atoms with Gasteiger partial charge in [0.25, 0.3) is 5.56 Å². The molecule has 1 fully saturated rings. The first-order chi connectivity index (χ1) is 17.9. The van der Waals surface area contributed by atoms with Crippen LogP contribution in [0.3, 0.4) is 0 Å². The summed E-state index contributed by atoms with van der Waals surface area (Å²) in [7, 11) is 1.40. The molecule has 37 heavy (non-hydrogen) atoms. The number of carbonyl (C=O) groups is 2. The van der Waals surface area contributed by atoms with Crippen molar-refractivity contribution in [2.45, 2.75) is 51.7 Å². The van der Waals surface area contributed by atoms with Crippen molar-refractivity contribution in [3.63, 3.8) is 0 Å². The number of anilines is 1. The van der Waals surface area contributed by atoms with E-state index in [0.29, 0.717) is 26.1 Å². The van der Waals surface area contributed by atoms with Crippen LogP contribution in [-0.4, -0.2) is 63.8 Å². The minimum Gasteiger partial charge on any atom is -0.452 e. The van der Waals surface area contributed by atoms with Crippen LogP contribution in [0.15, 0.2) is 41.3 Å². The van der Waals surface area contributed by atoms with Crippen LogP contribution >= 0.6 is 0 Å². The quantitative estimate of drug-likeness (QED) is 0.525. The van der Waals surface area contributed by atoms with Crippen LogP contribution < -0.4 is 16.2 Å². The number of benzene rings is 1. The number of imidazole rings is 1. The van der Waals surface area contributed by atoms with Crippen LogP contribution in [0.2, 0.25) is 0 Å². The molecule has 0 aliphatic carbocycles. The molecule has 3 aromatic rings. The Labute approximate surface area is 215 Å². The summed E-state index contributed by atoms with van der Waals surface area (Å²) in [4.78, 5) is 45.5. The molecule has 0 spiro atoms. The number of rotatable bonds is 7. The van der Waals surface area contributed by atoms with Crippen molar-refractivity contribution < 1.29 is 14.3 Å². The Hall–Kier alpha value is -3.66. The highest BCUT2D eigenvalue weighted by Gasteiger charge is 2.32. The number of carbonyl (C=O) groups excluding carboxylic acids is 2. The number of hydrogen-bond donors (Lipinski definition) is 1. The Morgan fingerprint density at radius 2 is 1.97 bits per heavy atom. The normalized spacial score (nSPS) is 19.8. The van der Waals surface area contributed by atoms with Crippen LogP contribution in [0.25, 0.3) is 11.0 Å². The SMILES string of the molecule is COC(=O)N1c2ccc3c(nc(CCn4ccccc4=O)n3CCN3CC[C@H](C(N)=O)C3)c2CC[C@@H]1C. The number of aromatic nitrogens is 3. The molecule has 0 radical (unpaired) electrons. The predicted molar refractivity (Wildman–Crippen MR) is 141 cm³/mol. The Morgan fingerprint density at radius 1 is 1.14 bits per heavy atom. The van der Waals surface area contributed by atoms with E-state index in [-0.39, 0.29) is 29.5 Å². The van der Waals surface area contributed by atoms with Gasteiger partial charge in [0, 0.05) is 56.5 Å². The molecule has 1 saturated heterocycles. The van der Waals surface area contributed by atoms with Crippen LogP contribution in [0.4, 0.5) is 10.5 Å². The van der Waals surface area contributed by atoms with E-state index in [1.807, 2.05) is 25.1 Å². The van der Waals surface area contributed by atoms with E-state index in [2.05, 4.69) is 9.47 Å². The van der Waals surface area contributed by atoms with Crippen molar-refractivity contribution in [2.24, 2.45) is 11.7 Å². The molecule has 2 N–H and O–H groups in total. The van der Waals surface area contributed by atoms with Crippen LogP contribution in [0.1, 0.15) is 31.2 Å². The smallest absolute Gasteiger partial charge is 0.414 e. The Morgan fingerprint density at radius 3 is 2.70 bits per heavy atom. The van der Waals surface area contributed by atoms with Crippen molar-refractivity contribution >= 4 is 28.7 Å². The predicted octanol–water partition coefficient (Wildman–Crippen LogP) is 2.16. The van der Waals surface area contributed by atoms with Crippen LogP contribution in [0, 0.1) is 5.92 Å². The Bertz CT molecular complexity index is 1380. The summed E-state index contributed by atoms with van der Waals surface area (Å²) in [6.07, 6.45) is 4.45. The van der Waals surface area contributed by atoms with E-state index in [1.165, 1.54) is 7.11 Å². The largest absolute Gasteiger partial charge is 0.452 e. The molecule has 2 atom stereocenters. The standard InChI is InChI=1S/C27H34N6O4/c1-18-6-7-20-21(33(18)27(36)37-2)8-9-22-25(20)29-23(11-14-31-12-4-3-5-24(31)34)32(22)16-15-30-13-10-19(17-30)26(28)35/h3-5,8-9,12,18-19H,6-7,10-11,13-17H2,1-2H3,(H2,28,35)/t18-,19-/m0/s1. The van der Waals surface area contributed by atoms with Crippen LogP contribution in [0.5, 0.6) is 0 Å². The zero-order valence-corrected chi connectivity index (χ0v) is 21.4. The van der Waals surface area contributed by atoms with Gasteiger partial charge in [0.1, 0.15) is 5.82 Å². The molecule has 10 nitrogen and oxygen atoms in total. The van der Waals surface area contributed by atoms with Gasteiger partial charge in [-0.25, -0.2) is 9.78 Å². The molecule has 5 rings (SSSR count). The molecule has 1 aromatic carbocycles. The van der Waals surface area contributed by atoms with E-state index in [4.69, 9.17) is 15.5 Å². The summed E-state index contributed by atoms with van der Waals surface area (Å²) < 4.78 is 8.98. The summed E-state index contributed by atoms with van der Waals surface area (Å²) >= 11 is 0. The van der Waals surface area contributed by atoms with Crippen molar-refractivity contribution in [2.75, 3.05) is 31.6 Å². The molecule has 4 heterocycles. The first-order valence-electron chi connectivity index (χ1n) is 12.9. The van der Waals surface area contributed by atoms with Gasteiger partial charge in [0.05, 0.1) is 29.7 Å². The topological polar surface area (TPSA) is 116 Å². The fraction of sp³-hybridized carbons (Fsp3) is 0.481. The van der Waals surface area contributed by atoms with Gasteiger partial charge in [-0.2, -0.15) is 0 Å². The second-order valence-electron chi connectivity index (χ2n) is 10.0. The summed E-state index contributed by atoms with van der Waals surface area (Å²) in [6, 6.07) is 9.22. The Balaban J connectivity index is 1.49. The van der Waals surface area contributed by atoms with Gasteiger partial charge in [-0.1, -0.05) is 6.07 Å². The van der Waals surface area contributed by atoms with Crippen molar-refractivity contribution in [1.29, 1.82) is 0 Å². The fourth-order valence-electron chi connectivity index (χ4n) is 5.67. The van der Waals surface area contributed by atoms with E-state index in [0.717, 1.165) is 60.5 Å². The molecule has 2 aromatic heterocycles. The lowest BCUT2D eigenvalue weighted by Crippen LogP contribution is -2.42. The number of aryl methyl sites for hydroxylation is 3. The zero-order valence-electron chi connectivity index (χ0n) is 21.4. The molecule has 2 amide bonds. The number of hydrogen-bond acceptors (Lipinski definition) is 6. The van der Waals surface area contributed by atoms with Gasteiger partial charge in [0.15, 0.2) is 0 Å². The average Bonchev–Trinajstić information content (AvgIpc) is 3.51. The third kappa shape index (κ3) is 4.85. The summed E-state index contributed by atoms with van der Waals surface area (Å²) in [5, 5.41) is 0. The van der Waals surface area contributed by atoms with E-state index in [1.54, 1.807) is 27.8 Å². The number of methoxy groups -OCH3 is 1. The third-order valence-electron chi connectivity index (χ3n) is 7.75. The van der Waals surface area contributed by atoms with Gasteiger partial charge in [0.2, 0.25) is 5.91 Å². The minimum atomic E-state index is -0.367. The van der Waals surface area contributed by atoms with E-state index < -0.39 is 0 Å². The molecular formula is C27H34N6O4. The summed E-state index contributed by atoms with van der Waals surface area (Å²) in [6.45, 7) is 5.55. The number of fused-ring (bicyclic) bond motifs is 3. The second-order valence-corrected chi connectivity index (χ2v) is 10.0. The first kappa shape index (κ1) is 25.0. The highest BCUT2D eigenvalue weighted by Crippen LogP contribution is 2.36. The maximum atomic E-state index is 12.6.